The molecule has 1 saturated heterocycles. The number of guanidine groups is 1. The summed E-state index contributed by atoms with van der Waals surface area (Å²) in [7, 11) is 1.86. The van der Waals surface area contributed by atoms with Gasteiger partial charge in [0.2, 0.25) is 0 Å². The first kappa shape index (κ1) is 24.9. The molecule has 0 saturated carbocycles. The van der Waals surface area contributed by atoms with E-state index in [1.165, 1.54) is 25.7 Å². The monoisotopic (exact) mass is 468 g/mol. The predicted molar refractivity (Wildman–Crippen MR) is 119 cm³/mol. The van der Waals surface area contributed by atoms with Crippen LogP contribution in [0.25, 0.3) is 0 Å². The van der Waals surface area contributed by atoms with Crippen molar-refractivity contribution in [1.29, 1.82) is 0 Å². The molecule has 0 aromatic rings. The average Bonchev–Trinajstić information content (AvgIpc) is 2.50. The minimum absolute atomic E-state index is 0. The molecule has 6 heteroatoms. The Balaban J connectivity index is 0.00000576. The molecule has 1 aliphatic rings. The van der Waals surface area contributed by atoms with Gasteiger partial charge in [0, 0.05) is 39.3 Å². The smallest absolute Gasteiger partial charge is 0.191 e. The standard InChI is InChI=1S/C19H40N4O.HI/c1-16(2)24-15-14-23-12-8-17(9-13-23)22-18(20-6)21-11-7-10-19(3,4)5;/h16-17H,7-15H2,1-6H3,(H2,20,21,22);1H. The molecule has 1 rings (SSSR count). The molecule has 0 unspecified atom stereocenters. The third-order valence-electron chi connectivity index (χ3n) is 4.41. The molecular weight excluding hydrogens is 427 g/mol. The first-order valence-electron chi connectivity index (χ1n) is 9.61. The predicted octanol–water partition coefficient (Wildman–Crippen LogP) is 3.49. The second-order valence-electron chi connectivity index (χ2n) is 8.34. The lowest BCUT2D eigenvalue weighted by atomic mass is 9.91. The van der Waals surface area contributed by atoms with Gasteiger partial charge in [-0.3, -0.25) is 4.99 Å². The molecule has 0 aromatic carbocycles. The second-order valence-corrected chi connectivity index (χ2v) is 8.34. The van der Waals surface area contributed by atoms with Crippen molar-refractivity contribution in [1.82, 2.24) is 15.5 Å². The van der Waals surface area contributed by atoms with Gasteiger partial charge in [0.25, 0.3) is 0 Å². The van der Waals surface area contributed by atoms with E-state index in [4.69, 9.17) is 4.74 Å². The molecule has 0 aromatic heterocycles. The second kappa shape index (κ2) is 13.1. The van der Waals surface area contributed by atoms with Crippen molar-refractivity contribution in [3.63, 3.8) is 0 Å². The molecule has 1 fully saturated rings. The molecule has 150 valence electrons. The minimum atomic E-state index is 0. The van der Waals surface area contributed by atoms with Gasteiger partial charge in [0.05, 0.1) is 12.7 Å². The molecule has 0 spiro atoms. The number of hydrogen-bond donors (Lipinski definition) is 2. The molecular formula is C19H41IN4O. The summed E-state index contributed by atoms with van der Waals surface area (Å²) in [6.45, 7) is 16.2. The summed E-state index contributed by atoms with van der Waals surface area (Å²) >= 11 is 0. The van der Waals surface area contributed by atoms with Crippen LogP contribution in [-0.2, 0) is 4.74 Å². The van der Waals surface area contributed by atoms with E-state index in [1.807, 2.05) is 7.05 Å². The van der Waals surface area contributed by atoms with E-state index >= 15 is 0 Å². The molecule has 0 atom stereocenters. The van der Waals surface area contributed by atoms with Crippen LogP contribution in [0.1, 0.15) is 60.3 Å². The van der Waals surface area contributed by atoms with Crippen molar-refractivity contribution in [2.75, 3.05) is 39.8 Å². The first-order valence-corrected chi connectivity index (χ1v) is 9.61. The number of likely N-dealkylation sites (tertiary alicyclic amines) is 1. The van der Waals surface area contributed by atoms with Crippen molar-refractivity contribution in [3.8, 4) is 0 Å². The Kier molecular flexibility index (Phi) is 13.1. The fourth-order valence-electron chi connectivity index (χ4n) is 2.93. The highest BCUT2D eigenvalue weighted by Gasteiger charge is 2.19. The van der Waals surface area contributed by atoms with Gasteiger partial charge < -0.3 is 20.3 Å². The zero-order valence-electron chi connectivity index (χ0n) is 17.2. The quantitative estimate of drug-likeness (QED) is 0.248. The molecule has 0 radical (unpaired) electrons. The van der Waals surface area contributed by atoms with Crippen LogP contribution in [0.5, 0.6) is 0 Å². The van der Waals surface area contributed by atoms with Crippen LogP contribution < -0.4 is 10.6 Å². The Morgan fingerprint density at radius 2 is 1.88 bits per heavy atom. The first-order chi connectivity index (χ1) is 11.3. The van der Waals surface area contributed by atoms with Crippen LogP contribution in [-0.4, -0.2) is 62.8 Å². The average molecular weight is 468 g/mol. The van der Waals surface area contributed by atoms with Crippen LogP contribution in [0.15, 0.2) is 4.99 Å². The minimum Gasteiger partial charge on any atom is -0.377 e. The molecule has 0 bridgehead atoms. The topological polar surface area (TPSA) is 48.9 Å². The van der Waals surface area contributed by atoms with Crippen LogP contribution in [0.2, 0.25) is 0 Å². The number of aliphatic imine (C=N–C) groups is 1. The van der Waals surface area contributed by atoms with Gasteiger partial charge in [-0.15, -0.1) is 24.0 Å². The van der Waals surface area contributed by atoms with Crippen LogP contribution in [0.4, 0.5) is 0 Å². The highest BCUT2D eigenvalue weighted by molar-refractivity contribution is 14.0. The zero-order chi connectivity index (χ0) is 18.0. The number of ether oxygens (including phenoxy) is 1. The number of hydrogen-bond acceptors (Lipinski definition) is 3. The molecule has 0 amide bonds. The lowest BCUT2D eigenvalue weighted by Crippen LogP contribution is -2.49. The summed E-state index contributed by atoms with van der Waals surface area (Å²) in [5.41, 5.74) is 0.407. The SMILES string of the molecule is CN=C(NCCCC(C)(C)C)NC1CCN(CCOC(C)C)CC1.I. The van der Waals surface area contributed by atoms with Crippen molar-refractivity contribution < 1.29 is 4.74 Å². The molecule has 1 heterocycles. The van der Waals surface area contributed by atoms with E-state index in [2.05, 4.69) is 55.1 Å². The van der Waals surface area contributed by atoms with Crippen LogP contribution in [0.3, 0.4) is 0 Å². The van der Waals surface area contributed by atoms with Gasteiger partial charge in [0.15, 0.2) is 5.96 Å². The van der Waals surface area contributed by atoms with E-state index in [1.54, 1.807) is 0 Å². The summed E-state index contributed by atoms with van der Waals surface area (Å²) in [6.07, 6.45) is 5.08. The van der Waals surface area contributed by atoms with Gasteiger partial charge in [-0.1, -0.05) is 20.8 Å². The van der Waals surface area contributed by atoms with Crippen LogP contribution in [0, 0.1) is 5.41 Å². The Hall–Kier alpha value is -0.0800. The van der Waals surface area contributed by atoms with Gasteiger partial charge in [0.1, 0.15) is 0 Å². The fourth-order valence-corrected chi connectivity index (χ4v) is 2.93. The summed E-state index contributed by atoms with van der Waals surface area (Å²) in [5.74, 6) is 0.950. The third kappa shape index (κ3) is 12.8. The normalized spacial score (nSPS) is 17.5. The maximum Gasteiger partial charge on any atom is 0.191 e. The lowest BCUT2D eigenvalue weighted by molar-refractivity contribution is 0.0532. The summed E-state index contributed by atoms with van der Waals surface area (Å²) in [5, 5.41) is 7.03. The Bertz CT molecular complexity index is 361. The third-order valence-corrected chi connectivity index (χ3v) is 4.41. The summed E-state index contributed by atoms with van der Waals surface area (Å²) < 4.78 is 5.65. The summed E-state index contributed by atoms with van der Waals surface area (Å²) in [6, 6.07) is 0.529. The highest BCUT2D eigenvalue weighted by Crippen LogP contribution is 2.19. The number of rotatable bonds is 8. The molecule has 0 aliphatic carbocycles. The largest absolute Gasteiger partial charge is 0.377 e. The lowest BCUT2D eigenvalue weighted by Gasteiger charge is -2.33. The van der Waals surface area contributed by atoms with Crippen LogP contribution >= 0.6 is 24.0 Å². The van der Waals surface area contributed by atoms with E-state index in [9.17, 15) is 0 Å². The van der Waals surface area contributed by atoms with Crippen molar-refractivity contribution in [3.05, 3.63) is 0 Å². The van der Waals surface area contributed by atoms with Gasteiger partial charge >= 0.3 is 0 Å². The Morgan fingerprint density at radius 3 is 2.40 bits per heavy atom. The van der Waals surface area contributed by atoms with Crippen molar-refractivity contribution in [2.24, 2.45) is 10.4 Å². The Labute approximate surface area is 172 Å². The fraction of sp³-hybridized carbons (Fsp3) is 0.947. The van der Waals surface area contributed by atoms with E-state index in [0.29, 0.717) is 17.6 Å². The van der Waals surface area contributed by atoms with Crippen molar-refractivity contribution >= 4 is 29.9 Å². The van der Waals surface area contributed by atoms with Gasteiger partial charge in [-0.25, -0.2) is 0 Å². The number of nitrogens with zero attached hydrogens (tertiary/aromatic N) is 2. The Morgan fingerprint density at radius 1 is 1.24 bits per heavy atom. The summed E-state index contributed by atoms with van der Waals surface area (Å²) in [4.78, 5) is 6.87. The maximum absolute atomic E-state index is 5.65. The van der Waals surface area contributed by atoms with Crippen molar-refractivity contribution in [2.45, 2.75) is 72.4 Å². The van der Waals surface area contributed by atoms with E-state index in [-0.39, 0.29) is 24.0 Å². The van der Waals surface area contributed by atoms with E-state index < -0.39 is 0 Å². The molecule has 2 N–H and O–H groups in total. The maximum atomic E-state index is 5.65. The highest BCUT2D eigenvalue weighted by atomic mass is 127. The molecule has 1 aliphatic heterocycles. The van der Waals surface area contributed by atoms with Gasteiger partial charge in [-0.2, -0.15) is 0 Å². The molecule has 5 nitrogen and oxygen atoms in total. The number of halogens is 1. The molecule has 25 heavy (non-hydrogen) atoms. The number of nitrogens with one attached hydrogen (secondary N) is 2. The van der Waals surface area contributed by atoms with E-state index in [0.717, 1.165) is 38.7 Å². The number of piperidine rings is 1. The van der Waals surface area contributed by atoms with Gasteiger partial charge in [-0.05, 0) is 44.9 Å². The zero-order valence-corrected chi connectivity index (χ0v) is 19.6.